The third-order valence-corrected chi connectivity index (χ3v) is 3.81. The maximum Gasteiger partial charge on any atom is 0.341 e. The van der Waals surface area contributed by atoms with E-state index in [1.54, 1.807) is 6.92 Å². The van der Waals surface area contributed by atoms with Gasteiger partial charge in [0.25, 0.3) is 0 Å². The normalized spacial score (nSPS) is 22.6. The van der Waals surface area contributed by atoms with Gasteiger partial charge in [0.2, 0.25) is 5.28 Å². The van der Waals surface area contributed by atoms with Gasteiger partial charge in [0.05, 0.1) is 24.0 Å². The summed E-state index contributed by atoms with van der Waals surface area (Å²) in [6.07, 6.45) is 5.39. The molecular formula is C14H19ClN2O3. The van der Waals surface area contributed by atoms with Gasteiger partial charge in [-0.1, -0.05) is 0 Å². The predicted octanol–water partition coefficient (Wildman–Crippen LogP) is 2.40. The molecule has 1 fully saturated rings. The average molecular weight is 299 g/mol. The van der Waals surface area contributed by atoms with Gasteiger partial charge >= 0.3 is 5.97 Å². The average Bonchev–Trinajstić information content (AvgIpc) is 2.42. The minimum Gasteiger partial charge on any atom is -0.462 e. The molecule has 6 heteroatoms. The lowest BCUT2D eigenvalue weighted by Crippen LogP contribution is -2.21. The van der Waals surface area contributed by atoms with Gasteiger partial charge in [-0.25, -0.2) is 14.8 Å². The molecule has 0 saturated heterocycles. The van der Waals surface area contributed by atoms with Crippen molar-refractivity contribution in [1.82, 2.24) is 9.97 Å². The molecule has 1 aromatic heterocycles. The Morgan fingerprint density at radius 2 is 2.15 bits per heavy atom. The van der Waals surface area contributed by atoms with Gasteiger partial charge in [0.1, 0.15) is 0 Å². The van der Waals surface area contributed by atoms with E-state index in [2.05, 4.69) is 9.97 Å². The molecule has 1 N–H and O–H groups in total. The first kappa shape index (κ1) is 15.2. The predicted molar refractivity (Wildman–Crippen MR) is 74.7 cm³/mol. The first-order valence-corrected chi connectivity index (χ1v) is 7.34. The summed E-state index contributed by atoms with van der Waals surface area (Å²) in [5.74, 6) is 0.00699. The number of hydrogen-bond acceptors (Lipinski definition) is 5. The van der Waals surface area contributed by atoms with E-state index in [1.807, 2.05) is 0 Å². The maximum absolute atomic E-state index is 11.9. The number of carbonyl (C=O) groups excluding carboxylic acids is 1. The Kier molecular flexibility index (Phi) is 5.31. The van der Waals surface area contributed by atoms with E-state index in [4.69, 9.17) is 16.3 Å². The number of nitrogens with zero attached hydrogens (tertiary/aromatic N) is 2. The SMILES string of the molecule is CCOC(=O)c1cnc(Cl)nc1CC1CCC(O)CC1. The number of carbonyl (C=O) groups is 1. The highest BCUT2D eigenvalue weighted by atomic mass is 35.5. The van der Waals surface area contributed by atoms with Crippen LogP contribution in [-0.2, 0) is 11.2 Å². The smallest absolute Gasteiger partial charge is 0.341 e. The van der Waals surface area contributed by atoms with Crippen molar-refractivity contribution in [3.05, 3.63) is 22.7 Å². The van der Waals surface area contributed by atoms with Crippen LogP contribution in [0.15, 0.2) is 6.20 Å². The molecule has 1 heterocycles. The zero-order chi connectivity index (χ0) is 14.5. The molecule has 0 spiro atoms. The number of aliphatic hydroxyl groups is 1. The molecule has 5 nitrogen and oxygen atoms in total. The first-order chi connectivity index (χ1) is 9.60. The monoisotopic (exact) mass is 298 g/mol. The Balaban J connectivity index is 2.12. The standard InChI is InChI=1S/C14H19ClN2O3/c1-2-20-13(19)11-8-16-14(15)17-12(11)7-9-3-5-10(18)6-4-9/h8-10,18H,2-7H2,1H3. The van der Waals surface area contributed by atoms with Crippen LogP contribution in [0.2, 0.25) is 5.28 Å². The Bertz CT molecular complexity index is 473. The number of esters is 1. The van der Waals surface area contributed by atoms with Crippen LogP contribution in [0.3, 0.4) is 0 Å². The molecule has 0 bridgehead atoms. The second-order valence-corrected chi connectivity index (χ2v) is 5.44. The maximum atomic E-state index is 11.9. The van der Waals surface area contributed by atoms with Gasteiger partial charge in [-0.2, -0.15) is 0 Å². The quantitative estimate of drug-likeness (QED) is 0.682. The molecule has 1 aliphatic rings. The van der Waals surface area contributed by atoms with Crippen molar-refractivity contribution in [2.24, 2.45) is 5.92 Å². The number of halogens is 1. The Morgan fingerprint density at radius 3 is 2.80 bits per heavy atom. The van der Waals surface area contributed by atoms with E-state index in [0.717, 1.165) is 25.7 Å². The fraction of sp³-hybridized carbons (Fsp3) is 0.643. The summed E-state index contributed by atoms with van der Waals surface area (Å²) < 4.78 is 5.01. The fourth-order valence-corrected chi connectivity index (χ4v) is 2.70. The second kappa shape index (κ2) is 6.99. The Labute approximate surface area is 123 Å². The van der Waals surface area contributed by atoms with Gasteiger partial charge in [-0.15, -0.1) is 0 Å². The molecule has 20 heavy (non-hydrogen) atoms. The topological polar surface area (TPSA) is 72.3 Å². The van der Waals surface area contributed by atoms with E-state index in [1.165, 1.54) is 6.20 Å². The number of aliphatic hydroxyl groups excluding tert-OH is 1. The van der Waals surface area contributed by atoms with Crippen molar-refractivity contribution in [2.45, 2.75) is 45.1 Å². The van der Waals surface area contributed by atoms with E-state index in [9.17, 15) is 9.90 Å². The molecule has 1 saturated carbocycles. The number of hydrogen-bond donors (Lipinski definition) is 1. The molecule has 1 aromatic rings. The highest BCUT2D eigenvalue weighted by Crippen LogP contribution is 2.28. The van der Waals surface area contributed by atoms with Crippen molar-refractivity contribution < 1.29 is 14.6 Å². The summed E-state index contributed by atoms with van der Waals surface area (Å²) >= 11 is 5.83. The van der Waals surface area contributed by atoms with E-state index in [-0.39, 0.29) is 11.4 Å². The molecule has 0 atom stereocenters. The van der Waals surface area contributed by atoms with Crippen LogP contribution in [0, 0.1) is 5.92 Å². The summed E-state index contributed by atoms with van der Waals surface area (Å²) in [6.45, 7) is 2.08. The lowest BCUT2D eigenvalue weighted by atomic mass is 9.84. The second-order valence-electron chi connectivity index (χ2n) is 5.10. The van der Waals surface area contributed by atoms with Gasteiger partial charge < -0.3 is 9.84 Å². The van der Waals surface area contributed by atoms with E-state index >= 15 is 0 Å². The summed E-state index contributed by atoms with van der Waals surface area (Å²) in [7, 11) is 0. The number of rotatable bonds is 4. The highest BCUT2D eigenvalue weighted by molar-refractivity contribution is 6.28. The van der Waals surface area contributed by atoms with Crippen LogP contribution >= 0.6 is 11.6 Å². The van der Waals surface area contributed by atoms with Gasteiger partial charge in [0, 0.05) is 6.20 Å². The molecule has 0 radical (unpaired) electrons. The molecular weight excluding hydrogens is 280 g/mol. The van der Waals surface area contributed by atoms with Crippen molar-refractivity contribution in [3.8, 4) is 0 Å². The van der Waals surface area contributed by atoms with Gasteiger partial charge in [-0.05, 0) is 56.5 Å². The third-order valence-electron chi connectivity index (χ3n) is 3.63. The van der Waals surface area contributed by atoms with Gasteiger partial charge in [0.15, 0.2) is 0 Å². The summed E-state index contributed by atoms with van der Waals surface area (Å²) in [4.78, 5) is 19.9. The van der Waals surface area contributed by atoms with Crippen molar-refractivity contribution in [3.63, 3.8) is 0 Å². The van der Waals surface area contributed by atoms with E-state index < -0.39 is 5.97 Å². The lowest BCUT2D eigenvalue weighted by Gasteiger charge is -2.25. The van der Waals surface area contributed by atoms with E-state index in [0.29, 0.717) is 30.2 Å². The third kappa shape index (κ3) is 3.90. The zero-order valence-electron chi connectivity index (χ0n) is 11.5. The Morgan fingerprint density at radius 1 is 1.45 bits per heavy atom. The molecule has 1 aliphatic carbocycles. The lowest BCUT2D eigenvalue weighted by molar-refractivity contribution is 0.0522. The summed E-state index contributed by atoms with van der Waals surface area (Å²) in [5.41, 5.74) is 1.03. The Hall–Kier alpha value is -1.20. The summed E-state index contributed by atoms with van der Waals surface area (Å²) in [6, 6.07) is 0. The first-order valence-electron chi connectivity index (χ1n) is 6.96. The molecule has 0 aromatic carbocycles. The van der Waals surface area contributed by atoms with Crippen LogP contribution in [0.4, 0.5) is 0 Å². The molecule has 0 amide bonds. The van der Waals surface area contributed by atoms with Crippen LogP contribution in [0.1, 0.15) is 48.7 Å². The van der Waals surface area contributed by atoms with Crippen LogP contribution < -0.4 is 0 Å². The van der Waals surface area contributed by atoms with Crippen molar-refractivity contribution >= 4 is 17.6 Å². The van der Waals surface area contributed by atoms with Crippen LogP contribution in [0.5, 0.6) is 0 Å². The van der Waals surface area contributed by atoms with Crippen LogP contribution in [-0.4, -0.2) is 33.8 Å². The number of aromatic nitrogens is 2. The van der Waals surface area contributed by atoms with Gasteiger partial charge in [-0.3, -0.25) is 0 Å². The molecule has 110 valence electrons. The molecule has 2 rings (SSSR count). The molecule has 0 unspecified atom stereocenters. The van der Waals surface area contributed by atoms with Crippen molar-refractivity contribution in [1.29, 1.82) is 0 Å². The largest absolute Gasteiger partial charge is 0.462 e. The van der Waals surface area contributed by atoms with Crippen LogP contribution in [0.25, 0.3) is 0 Å². The minimum absolute atomic E-state index is 0.142. The number of ether oxygens (including phenoxy) is 1. The zero-order valence-corrected chi connectivity index (χ0v) is 12.3. The summed E-state index contributed by atoms with van der Waals surface area (Å²) in [5, 5.41) is 9.67. The van der Waals surface area contributed by atoms with Crippen molar-refractivity contribution in [2.75, 3.05) is 6.61 Å². The fourth-order valence-electron chi connectivity index (χ4n) is 2.55. The highest BCUT2D eigenvalue weighted by Gasteiger charge is 2.23. The molecule has 0 aliphatic heterocycles. The minimum atomic E-state index is -0.407.